The molecule has 1 heterocycles. The second kappa shape index (κ2) is 4.21. The summed E-state index contributed by atoms with van der Waals surface area (Å²) in [7, 11) is 0. The summed E-state index contributed by atoms with van der Waals surface area (Å²) in [5.41, 5.74) is 9.39. The van der Waals surface area contributed by atoms with Crippen molar-refractivity contribution in [1.82, 2.24) is 0 Å². The Labute approximate surface area is 107 Å². The van der Waals surface area contributed by atoms with E-state index in [1.54, 1.807) is 0 Å². The Balaban J connectivity index is 2.41. The summed E-state index contributed by atoms with van der Waals surface area (Å²) >= 11 is 0. The zero-order valence-corrected chi connectivity index (χ0v) is 10.9. The first kappa shape index (κ1) is 12.8. The van der Waals surface area contributed by atoms with Crippen LogP contribution in [0.25, 0.3) is 0 Å². The average molecular weight is 246 g/mol. The minimum atomic E-state index is -0.968. The third-order valence-corrected chi connectivity index (χ3v) is 3.78. The van der Waals surface area contributed by atoms with Crippen LogP contribution in [-0.4, -0.2) is 22.8 Å². The number of aliphatic imine (C=N–C) groups is 1. The third-order valence-electron chi connectivity index (χ3n) is 3.78. The molecule has 4 heteroatoms. The van der Waals surface area contributed by atoms with Crippen molar-refractivity contribution in [3.63, 3.8) is 0 Å². The lowest BCUT2D eigenvalue weighted by molar-refractivity contribution is -0.138. The number of nitrogens with zero attached hydrogens (tertiary/aromatic N) is 1. The quantitative estimate of drug-likeness (QED) is 0.858. The summed E-state index contributed by atoms with van der Waals surface area (Å²) in [6, 6.07) is 5.21. The maximum atomic E-state index is 10.9. The molecule has 0 aromatic heterocycles. The molecule has 3 N–H and O–H groups in total. The summed E-state index contributed by atoms with van der Waals surface area (Å²) in [6.07, 6.45) is 0.369. The van der Waals surface area contributed by atoms with E-state index in [0.717, 1.165) is 22.5 Å². The molecule has 0 fully saturated rings. The lowest BCUT2D eigenvalue weighted by Gasteiger charge is -2.28. The lowest BCUT2D eigenvalue weighted by Crippen LogP contribution is -2.40. The topological polar surface area (TPSA) is 75.7 Å². The molecule has 0 radical (unpaired) electrons. The highest BCUT2D eigenvalue weighted by atomic mass is 16.4. The number of nitrogens with two attached hydrogens (primary N) is 1. The van der Waals surface area contributed by atoms with Gasteiger partial charge in [-0.1, -0.05) is 19.1 Å². The van der Waals surface area contributed by atoms with Crippen molar-refractivity contribution < 1.29 is 9.90 Å². The maximum Gasteiger partial charge on any atom is 0.320 e. The number of carbonyl (C=O) groups is 1. The van der Waals surface area contributed by atoms with Gasteiger partial charge in [-0.3, -0.25) is 9.79 Å². The van der Waals surface area contributed by atoms with E-state index in [0.29, 0.717) is 6.42 Å². The predicted molar refractivity (Wildman–Crippen MR) is 71.5 cm³/mol. The van der Waals surface area contributed by atoms with Crippen LogP contribution in [-0.2, 0) is 10.2 Å². The number of fused-ring (bicyclic) bond motifs is 1. The Morgan fingerprint density at radius 1 is 1.50 bits per heavy atom. The summed E-state index contributed by atoms with van der Waals surface area (Å²) < 4.78 is 0. The maximum absolute atomic E-state index is 10.9. The number of rotatable bonds is 3. The van der Waals surface area contributed by atoms with Gasteiger partial charge in [-0.05, 0) is 37.5 Å². The van der Waals surface area contributed by atoms with Gasteiger partial charge in [0.2, 0.25) is 0 Å². The van der Waals surface area contributed by atoms with E-state index < -0.39 is 12.0 Å². The number of hydrogen-bond acceptors (Lipinski definition) is 3. The van der Waals surface area contributed by atoms with E-state index in [4.69, 9.17) is 10.8 Å². The fraction of sp³-hybridized carbons (Fsp3) is 0.429. The standard InChI is InChI=1S/C14H18N2O2/c1-8-4-5-10-12(6-8)16-9(2)14(10,3)7-11(15)13(17)18/h4-6,11H,7,15H2,1-3H3,(H,17,18). The molecule has 1 aliphatic rings. The van der Waals surface area contributed by atoms with Crippen LogP contribution in [0.1, 0.15) is 31.4 Å². The summed E-state index contributed by atoms with van der Waals surface area (Å²) in [5, 5.41) is 8.97. The highest BCUT2D eigenvalue weighted by molar-refractivity contribution is 6.00. The summed E-state index contributed by atoms with van der Waals surface area (Å²) in [6.45, 7) is 5.96. The van der Waals surface area contributed by atoms with E-state index >= 15 is 0 Å². The Hall–Kier alpha value is -1.68. The molecule has 0 spiro atoms. The minimum absolute atomic E-state index is 0.369. The van der Waals surface area contributed by atoms with Crippen LogP contribution in [0.5, 0.6) is 0 Å². The van der Waals surface area contributed by atoms with Gasteiger partial charge in [0.05, 0.1) is 5.69 Å². The molecule has 0 saturated heterocycles. The van der Waals surface area contributed by atoms with Crippen molar-refractivity contribution >= 4 is 17.4 Å². The molecule has 0 saturated carbocycles. The molecule has 0 aliphatic carbocycles. The van der Waals surface area contributed by atoms with Crippen molar-refractivity contribution in [3.8, 4) is 0 Å². The molecule has 0 amide bonds. The normalized spacial score (nSPS) is 23.4. The second-order valence-electron chi connectivity index (χ2n) is 5.20. The van der Waals surface area contributed by atoms with Crippen LogP contribution in [0.2, 0.25) is 0 Å². The van der Waals surface area contributed by atoms with Crippen molar-refractivity contribution in [3.05, 3.63) is 29.3 Å². The van der Waals surface area contributed by atoms with Gasteiger partial charge in [-0.15, -0.1) is 0 Å². The van der Waals surface area contributed by atoms with Crippen LogP contribution in [0.3, 0.4) is 0 Å². The molecule has 1 aromatic rings. The smallest absolute Gasteiger partial charge is 0.320 e. The number of hydrogen-bond donors (Lipinski definition) is 2. The minimum Gasteiger partial charge on any atom is -0.480 e. The molecule has 96 valence electrons. The Kier molecular flexibility index (Phi) is 2.99. The van der Waals surface area contributed by atoms with Gasteiger partial charge >= 0.3 is 5.97 Å². The number of aliphatic carboxylic acids is 1. The van der Waals surface area contributed by atoms with E-state index in [1.807, 2.05) is 39.0 Å². The largest absolute Gasteiger partial charge is 0.480 e. The fourth-order valence-corrected chi connectivity index (χ4v) is 2.48. The molecular formula is C14H18N2O2. The highest BCUT2D eigenvalue weighted by Crippen LogP contribution is 2.43. The Bertz CT molecular complexity index is 537. The van der Waals surface area contributed by atoms with Gasteiger partial charge < -0.3 is 10.8 Å². The van der Waals surface area contributed by atoms with Crippen LogP contribution < -0.4 is 5.73 Å². The number of carboxylic acids is 1. The molecule has 2 unspecified atom stereocenters. The highest BCUT2D eigenvalue weighted by Gasteiger charge is 2.39. The zero-order valence-electron chi connectivity index (χ0n) is 10.9. The molecule has 1 aliphatic heterocycles. The molecule has 0 bridgehead atoms. The third kappa shape index (κ3) is 1.93. The van der Waals surface area contributed by atoms with Gasteiger partial charge in [0.25, 0.3) is 0 Å². The first-order valence-corrected chi connectivity index (χ1v) is 6.00. The molecule has 1 aromatic carbocycles. The van der Waals surface area contributed by atoms with Gasteiger partial charge in [0, 0.05) is 11.1 Å². The Morgan fingerprint density at radius 2 is 2.17 bits per heavy atom. The number of aryl methyl sites for hydroxylation is 1. The number of benzene rings is 1. The van der Waals surface area contributed by atoms with E-state index in [-0.39, 0.29) is 5.41 Å². The molecular weight excluding hydrogens is 228 g/mol. The van der Waals surface area contributed by atoms with Crippen LogP contribution in [0.4, 0.5) is 5.69 Å². The zero-order chi connectivity index (χ0) is 13.5. The van der Waals surface area contributed by atoms with Gasteiger partial charge in [-0.25, -0.2) is 0 Å². The van der Waals surface area contributed by atoms with Crippen LogP contribution in [0.15, 0.2) is 23.2 Å². The fourth-order valence-electron chi connectivity index (χ4n) is 2.48. The van der Waals surface area contributed by atoms with Crippen molar-refractivity contribution in [2.45, 2.75) is 38.6 Å². The second-order valence-corrected chi connectivity index (χ2v) is 5.20. The van der Waals surface area contributed by atoms with Crippen LogP contribution >= 0.6 is 0 Å². The van der Waals surface area contributed by atoms with Crippen molar-refractivity contribution in [2.75, 3.05) is 0 Å². The first-order valence-electron chi connectivity index (χ1n) is 6.00. The first-order chi connectivity index (χ1) is 8.34. The van der Waals surface area contributed by atoms with Gasteiger partial charge in [-0.2, -0.15) is 0 Å². The van der Waals surface area contributed by atoms with Crippen molar-refractivity contribution in [1.29, 1.82) is 0 Å². The van der Waals surface area contributed by atoms with Gasteiger partial charge in [0.15, 0.2) is 0 Å². The number of carboxylic acid groups (broad SMARTS) is 1. The molecule has 2 atom stereocenters. The Morgan fingerprint density at radius 3 is 2.78 bits per heavy atom. The summed E-state index contributed by atoms with van der Waals surface area (Å²) in [5.74, 6) is -0.968. The SMILES string of the molecule is CC1=Nc2cc(C)ccc2C1(C)CC(N)C(=O)O. The average Bonchev–Trinajstić information content (AvgIpc) is 2.50. The van der Waals surface area contributed by atoms with Crippen molar-refractivity contribution in [2.24, 2.45) is 10.7 Å². The van der Waals surface area contributed by atoms with E-state index in [2.05, 4.69) is 4.99 Å². The van der Waals surface area contributed by atoms with E-state index in [1.165, 1.54) is 0 Å². The van der Waals surface area contributed by atoms with E-state index in [9.17, 15) is 4.79 Å². The van der Waals surface area contributed by atoms with Gasteiger partial charge in [0.1, 0.15) is 6.04 Å². The molecule has 4 nitrogen and oxygen atoms in total. The molecule has 18 heavy (non-hydrogen) atoms. The lowest BCUT2D eigenvalue weighted by atomic mass is 9.75. The predicted octanol–water partition coefficient (Wildman–Crippen LogP) is 2.16. The van der Waals surface area contributed by atoms with Crippen LogP contribution in [0, 0.1) is 6.92 Å². The monoisotopic (exact) mass is 246 g/mol. The molecule has 2 rings (SSSR count). The summed E-state index contributed by atoms with van der Waals surface area (Å²) in [4.78, 5) is 15.5.